The van der Waals surface area contributed by atoms with Crippen LogP contribution in [0, 0.1) is 17.8 Å². The van der Waals surface area contributed by atoms with Gasteiger partial charge in [0.15, 0.2) is 0 Å². The van der Waals surface area contributed by atoms with Crippen molar-refractivity contribution >= 4 is 30.7 Å². The molecule has 1 aliphatic rings. The van der Waals surface area contributed by atoms with E-state index in [1.807, 2.05) is 6.92 Å². The van der Waals surface area contributed by atoms with Gasteiger partial charge in [-0.05, 0) is 29.4 Å². The van der Waals surface area contributed by atoms with Gasteiger partial charge in [-0.15, -0.1) is 24.8 Å². The minimum Gasteiger partial charge on any atom is -0.352 e. The lowest BCUT2D eigenvalue weighted by molar-refractivity contribution is -0.124. The predicted octanol–water partition coefficient (Wildman–Crippen LogP) is 3.22. The van der Waals surface area contributed by atoms with Gasteiger partial charge in [0.1, 0.15) is 0 Å². The molecule has 3 atom stereocenters. The lowest BCUT2D eigenvalue weighted by atomic mass is 9.91. The summed E-state index contributed by atoms with van der Waals surface area (Å²) in [5.74, 6) is 1.47. The molecule has 2 rings (SSSR count). The quantitative estimate of drug-likeness (QED) is 0.784. The fraction of sp³-hybridized carbons (Fsp3) is 0.632. The van der Waals surface area contributed by atoms with Crippen LogP contribution in [0.1, 0.15) is 38.3 Å². The summed E-state index contributed by atoms with van der Waals surface area (Å²) in [6.45, 7) is 10.9. The maximum absolute atomic E-state index is 11.7. The van der Waals surface area contributed by atoms with Crippen LogP contribution in [0.4, 0.5) is 0 Å². The number of likely N-dealkylation sites (tertiary alicyclic amines) is 1. The highest BCUT2D eigenvalue weighted by Gasteiger charge is 2.21. The molecule has 0 saturated carbocycles. The van der Waals surface area contributed by atoms with E-state index in [1.165, 1.54) is 25.1 Å². The molecule has 1 aromatic carbocycles. The summed E-state index contributed by atoms with van der Waals surface area (Å²) in [4.78, 5) is 14.3. The van der Waals surface area contributed by atoms with Gasteiger partial charge in [0.25, 0.3) is 0 Å². The largest absolute Gasteiger partial charge is 0.352 e. The second kappa shape index (κ2) is 11.7. The van der Waals surface area contributed by atoms with Gasteiger partial charge in [-0.25, -0.2) is 0 Å². The van der Waals surface area contributed by atoms with Crippen molar-refractivity contribution in [3.05, 3.63) is 35.4 Å². The molecular weight excluding hydrogens is 357 g/mol. The fourth-order valence-electron chi connectivity index (χ4n) is 3.41. The van der Waals surface area contributed by atoms with E-state index in [9.17, 15) is 4.79 Å². The first-order valence-electron chi connectivity index (χ1n) is 8.76. The monoisotopic (exact) mass is 389 g/mol. The Morgan fingerprint density at radius 2 is 1.68 bits per heavy atom. The lowest BCUT2D eigenvalue weighted by Crippen LogP contribution is -2.38. The van der Waals surface area contributed by atoms with Gasteiger partial charge in [0.2, 0.25) is 5.91 Å². The van der Waals surface area contributed by atoms with E-state index >= 15 is 0 Å². The fourth-order valence-corrected chi connectivity index (χ4v) is 3.41. The van der Waals surface area contributed by atoms with E-state index < -0.39 is 0 Å². The summed E-state index contributed by atoms with van der Waals surface area (Å²) in [7, 11) is 0. The molecule has 3 unspecified atom stereocenters. The molecule has 1 heterocycles. The average molecular weight is 390 g/mol. The Bertz CT molecular complexity index is 500. The Morgan fingerprint density at radius 3 is 2.20 bits per heavy atom. The number of carbonyl (C=O) groups is 1. The van der Waals surface area contributed by atoms with Crippen LogP contribution in [-0.2, 0) is 17.9 Å². The summed E-state index contributed by atoms with van der Waals surface area (Å²) >= 11 is 0. The summed E-state index contributed by atoms with van der Waals surface area (Å²) in [5, 5.41) is 2.93. The first-order valence-corrected chi connectivity index (χ1v) is 8.76. The van der Waals surface area contributed by atoms with Crippen molar-refractivity contribution in [3.63, 3.8) is 0 Å². The number of hydrogen-bond donors (Lipinski definition) is 2. The summed E-state index contributed by atoms with van der Waals surface area (Å²) in [5.41, 5.74) is 7.98. The smallest absolute Gasteiger partial charge is 0.224 e. The maximum Gasteiger partial charge on any atom is 0.224 e. The van der Waals surface area contributed by atoms with Gasteiger partial charge in [0.05, 0.1) is 0 Å². The SMILES string of the molecule is CC1CC(C)CN(Cc2ccc(CNC(=O)C(C)CN)cc2)C1.Cl.Cl. The normalized spacial score (nSPS) is 21.6. The van der Waals surface area contributed by atoms with Crippen LogP contribution < -0.4 is 11.1 Å². The summed E-state index contributed by atoms with van der Waals surface area (Å²) in [6, 6.07) is 8.58. The topological polar surface area (TPSA) is 58.4 Å². The van der Waals surface area contributed by atoms with Gasteiger partial charge in [-0.3, -0.25) is 9.69 Å². The molecule has 4 nitrogen and oxygen atoms in total. The number of nitrogens with zero attached hydrogens (tertiary/aromatic N) is 1. The second-order valence-electron chi connectivity index (χ2n) is 7.31. The number of amides is 1. The average Bonchev–Trinajstić information content (AvgIpc) is 2.52. The van der Waals surface area contributed by atoms with E-state index in [2.05, 4.69) is 48.3 Å². The molecule has 0 aliphatic carbocycles. The Kier molecular flexibility index (Phi) is 11.4. The molecule has 1 aromatic rings. The van der Waals surface area contributed by atoms with Crippen molar-refractivity contribution < 1.29 is 4.79 Å². The van der Waals surface area contributed by atoms with Crippen LogP contribution in [-0.4, -0.2) is 30.4 Å². The maximum atomic E-state index is 11.7. The highest BCUT2D eigenvalue weighted by Crippen LogP contribution is 2.22. The third-order valence-corrected chi connectivity index (χ3v) is 4.64. The Hall–Kier alpha value is -0.810. The molecule has 25 heavy (non-hydrogen) atoms. The Morgan fingerprint density at radius 1 is 1.16 bits per heavy atom. The van der Waals surface area contributed by atoms with E-state index in [1.54, 1.807) is 0 Å². The van der Waals surface area contributed by atoms with Gasteiger partial charge < -0.3 is 11.1 Å². The van der Waals surface area contributed by atoms with E-state index in [-0.39, 0.29) is 36.6 Å². The zero-order valence-corrected chi connectivity index (χ0v) is 17.2. The Labute approximate surface area is 164 Å². The number of hydrogen-bond acceptors (Lipinski definition) is 3. The van der Waals surface area contributed by atoms with Crippen molar-refractivity contribution in [3.8, 4) is 0 Å². The number of benzene rings is 1. The van der Waals surface area contributed by atoms with Crippen molar-refractivity contribution in [2.24, 2.45) is 23.5 Å². The van der Waals surface area contributed by atoms with Crippen LogP contribution in [0.5, 0.6) is 0 Å². The zero-order chi connectivity index (χ0) is 16.8. The highest BCUT2D eigenvalue weighted by atomic mass is 35.5. The second-order valence-corrected chi connectivity index (χ2v) is 7.31. The molecule has 1 saturated heterocycles. The number of rotatable bonds is 6. The van der Waals surface area contributed by atoms with Crippen molar-refractivity contribution in [1.82, 2.24) is 10.2 Å². The lowest BCUT2D eigenvalue weighted by Gasteiger charge is -2.35. The summed E-state index contributed by atoms with van der Waals surface area (Å²) in [6.07, 6.45) is 1.34. The van der Waals surface area contributed by atoms with Crippen LogP contribution in [0.25, 0.3) is 0 Å². The first kappa shape index (κ1) is 24.2. The highest BCUT2D eigenvalue weighted by molar-refractivity contribution is 5.85. The molecule has 0 bridgehead atoms. The molecule has 144 valence electrons. The first-order chi connectivity index (χ1) is 11.0. The van der Waals surface area contributed by atoms with Gasteiger partial charge in [0, 0.05) is 38.6 Å². The molecular formula is C19H33Cl2N3O. The van der Waals surface area contributed by atoms with Crippen molar-refractivity contribution in [1.29, 1.82) is 0 Å². The molecule has 1 aliphatic heterocycles. The van der Waals surface area contributed by atoms with Gasteiger partial charge >= 0.3 is 0 Å². The van der Waals surface area contributed by atoms with Crippen LogP contribution in [0.3, 0.4) is 0 Å². The molecule has 0 spiro atoms. The molecule has 3 N–H and O–H groups in total. The third kappa shape index (κ3) is 7.95. The standard InChI is InChI=1S/C19H31N3O.2ClH/c1-14-8-15(2)12-22(11-14)13-18-6-4-17(5-7-18)10-21-19(23)16(3)9-20;;/h4-7,14-16H,8-13,20H2,1-3H3,(H,21,23);2*1H. The van der Waals surface area contributed by atoms with Crippen LogP contribution in [0.15, 0.2) is 24.3 Å². The van der Waals surface area contributed by atoms with Gasteiger partial charge in [-0.1, -0.05) is 45.0 Å². The molecule has 1 amide bonds. The number of nitrogens with one attached hydrogen (secondary N) is 1. The molecule has 0 radical (unpaired) electrons. The zero-order valence-electron chi connectivity index (χ0n) is 15.5. The minimum atomic E-state index is -0.127. The number of piperidine rings is 1. The molecule has 0 aromatic heterocycles. The van der Waals surface area contributed by atoms with Crippen molar-refractivity contribution in [2.45, 2.75) is 40.3 Å². The van der Waals surface area contributed by atoms with E-state index in [0.717, 1.165) is 23.9 Å². The van der Waals surface area contributed by atoms with E-state index in [0.29, 0.717) is 13.1 Å². The van der Waals surface area contributed by atoms with Crippen LogP contribution in [0.2, 0.25) is 0 Å². The van der Waals surface area contributed by atoms with E-state index in [4.69, 9.17) is 5.73 Å². The number of nitrogens with two attached hydrogens (primary N) is 1. The van der Waals surface area contributed by atoms with Crippen LogP contribution >= 0.6 is 24.8 Å². The molecule has 6 heteroatoms. The van der Waals surface area contributed by atoms with Crippen molar-refractivity contribution in [2.75, 3.05) is 19.6 Å². The minimum absolute atomic E-state index is 0. The molecule has 1 fully saturated rings. The number of halogens is 2. The Balaban J connectivity index is 0.00000288. The number of carbonyl (C=O) groups excluding carboxylic acids is 1. The van der Waals surface area contributed by atoms with Gasteiger partial charge in [-0.2, -0.15) is 0 Å². The third-order valence-electron chi connectivity index (χ3n) is 4.64. The summed E-state index contributed by atoms with van der Waals surface area (Å²) < 4.78 is 0. The predicted molar refractivity (Wildman–Crippen MR) is 109 cm³/mol.